The number of carbonyl (C=O) groups excluding carboxylic acids is 3. The first-order chi connectivity index (χ1) is 26.7. The molecule has 4 aromatic rings. The number of thiocarbonyl (C=S) groups is 1. The molecule has 5 rings (SSSR count). The van der Waals surface area contributed by atoms with Gasteiger partial charge in [-0.15, -0.1) is 32.0 Å². The SMILES string of the molecule is CSc1ccc(/C=C2/C(C)=C(CC(=O)Nc3ccc(OC(=O)CC(CO[N+](=O)[O-])O[N+](=O)[O-])c(C(=O)Oc4ccc(C(N)=S)cc4)c3)c3cc(F)ccc32)cc1. The van der Waals surface area contributed by atoms with E-state index in [-0.39, 0.29) is 34.2 Å². The first-order valence-electron chi connectivity index (χ1n) is 16.4. The number of benzene rings is 4. The van der Waals surface area contributed by atoms with Gasteiger partial charge in [0.25, 0.3) is 10.2 Å². The normalized spacial score (nSPS) is 13.0. The molecule has 0 fully saturated rings. The number of fused-ring (bicyclic) bond motifs is 1. The molecule has 0 bridgehead atoms. The number of anilines is 1. The van der Waals surface area contributed by atoms with Crippen molar-refractivity contribution in [3.63, 3.8) is 0 Å². The number of allylic oxidation sites excluding steroid dienone is 2. The van der Waals surface area contributed by atoms with Gasteiger partial charge in [-0.1, -0.05) is 30.4 Å². The van der Waals surface area contributed by atoms with Crippen LogP contribution in [0.3, 0.4) is 0 Å². The molecular weight excluding hydrogens is 772 g/mol. The molecule has 15 nitrogen and oxygen atoms in total. The van der Waals surface area contributed by atoms with Crippen LogP contribution in [0.2, 0.25) is 0 Å². The number of nitrogens with two attached hydrogens (primary N) is 1. The molecule has 56 heavy (non-hydrogen) atoms. The van der Waals surface area contributed by atoms with Gasteiger partial charge in [0.2, 0.25) is 5.91 Å². The summed E-state index contributed by atoms with van der Waals surface area (Å²) in [7, 11) is 0. The maximum Gasteiger partial charge on any atom is 0.347 e. The molecule has 288 valence electrons. The molecule has 18 heteroatoms. The molecule has 1 aliphatic rings. The van der Waals surface area contributed by atoms with Crippen LogP contribution in [-0.2, 0) is 19.3 Å². The fourth-order valence-corrected chi connectivity index (χ4v) is 6.21. The quantitative estimate of drug-likeness (QED) is 0.0297. The topological polar surface area (TPSA) is 212 Å². The van der Waals surface area contributed by atoms with Crippen LogP contribution in [0.25, 0.3) is 17.2 Å². The molecular formula is C38H31FN4O11S2. The lowest BCUT2D eigenvalue weighted by atomic mass is 10.0. The average molecular weight is 803 g/mol. The highest BCUT2D eigenvalue weighted by Gasteiger charge is 2.27. The lowest BCUT2D eigenvalue weighted by molar-refractivity contribution is -0.789. The van der Waals surface area contributed by atoms with Crippen molar-refractivity contribution in [3.8, 4) is 11.5 Å². The van der Waals surface area contributed by atoms with Gasteiger partial charge in [0.1, 0.15) is 40.6 Å². The summed E-state index contributed by atoms with van der Waals surface area (Å²) in [6.45, 7) is 0.874. The zero-order valence-corrected chi connectivity index (χ0v) is 31.1. The summed E-state index contributed by atoms with van der Waals surface area (Å²) >= 11 is 6.56. The minimum absolute atomic E-state index is 0.0525. The lowest BCUT2D eigenvalue weighted by Gasteiger charge is -2.15. The number of rotatable bonds is 16. The van der Waals surface area contributed by atoms with E-state index < -0.39 is 53.0 Å². The Morgan fingerprint density at radius 2 is 1.66 bits per heavy atom. The van der Waals surface area contributed by atoms with Gasteiger partial charge in [-0.25, -0.2) is 9.18 Å². The zero-order chi connectivity index (χ0) is 40.5. The van der Waals surface area contributed by atoms with Crippen LogP contribution in [0.4, 0.5) is 10.1 Å². The molecule has 1 atom stereocenters. The number of carbonyl (C=O) groups is 3. The molecule has 0 aliphatic heterocycles. The third-order valence-electron chi connectivity index (χ3n) is 8.27. The molecule has 0 heterocycles. The Bertz CT molecular complexity index is 2280. The summed E-state index contributed by atoms with van der Waals surface area (Å²) in [6.07, 6.45) is 1.15. The van der Waals surface area contributed by atoms with Crippen LogP contribution < -0.4 is 20.5 Å². The van der Waals surface area contributed by atoms with E-state index in [2.05, 4.69) is 15.0 Å². The van der Waals surface area contributed by atoms with Crippen molar-refractivity contribution in [2.45, 2.75) is 30.8 Å². The molecule has 0 spiro atoms. The smallest absolute Gasteiger partial charge is 0.347 e. The first-order valence-corrected chi connectivity index (χ1v) is 18.0. The Morgan fingerprint density at radius 1 is 0.946 bits per heavy atom. The van der Waals surface area contributed by atoms with E-state index in [0.717, 1.165) is 27.2 Å². The summed E-state index contributed by atoms with van der Waals surface area (Å²) < 4.78 is 25.3. The summed E-state index contributed by atoms with van der Waals surface area (Å²) in [5.41, 5.74) is 10.3. The van der Waals surface area contributed by atoms with Crippen LogP contribution in [0, 0.1) is 26.0 Å². The van der Waals surface area contributed by atoms with Crippen LogP contribution in [0.5, 0.6) is 11.5 Å². The Hall–Kier alpha value is -6.66. The van der Waals surface area contributed by atoms with Crippen LogP contribution in [-0.4, -0.2) is 52.0 Å². The number of hydrogen-bond acceptors (Lipinski definition) is 13. The van der Waals surface area contributed by atoms with E-state index in [1.54, 1.807) is 17.8 Å². The third kappa shape index (κ3) is 10.5. The van der Waals surface area contributed by atoms with Crippen LogP contribution in [0.1, 0.15) is 52.4 Å². The number of hydrogen-bond donors (Lipinski definition) is 2. The van der Waals surface area contributed by atoms with E-state index in [9.17, 15) is 39.0 Å². The van der Waals surface area contributed by atoms with E-state index >= 15 is 0 Å². The number of amides is 1. The molecule has 3 N–H and O–H groups in total. The zero-order valence-electron chi connectivity index (χ0n) is 29.5. The molecule has 0 saturated heterocycles. The second-order valence-electron chi connectivity index (χ2n) is 12.0. The van der Waals surface area contributed by atoms with Crippen molar-refractivity contribution in [1.82, 2.24) is 0 Å². The highest BCUT2D eigenvalue weighted by atomic mass is 32.2. The largest absolute Gasteiger partial charge is 0.426 e. The van der Waals surface area contributed by atoms with Crippen molar-refractivity contribution in [3.05, 3.63) is 144 Å². The third-order valence-corrected chi connectivity index (χ3v) is 9.25. The van der Waals surface area contributed by atoms with Gasteiger partial charge in [-0.05, 0) is 119 Å². The highest BCUT2D eigenvalue weighted by molar-refractivity contribution is 7.98. The lowest BCUT2D eigenvalue weighted by Crippen LogP contribution is -2.29. The van der Waals surface area contributed by atoms with Crippen molar-refractivity contribution < 1.29 is 48.1 Å². The van der Waals surface area contributed by atoms with Crippen molar-refractivity contribution in [1.29, 1.82) is 0 Å². The van der Waals surface area contributed by atoms with E-state index in [4.69, 9.17) is 27.4 Å². The van der Waals surface area contributed by atoms with Gasteiger partial charge in [0.05, 0.1) is 12.8 Å². The predicted molar refractivity (Wildman–Crippen MR) is 207 cm³/mol. The minimum atomic E-state index is -1.73. The van der Waals surface area contributed by atoms with Crippen molar-refractivity contribution >= 4 is 69.7 Å². The summed E-state index contributed by atoms with van der Waals surface area (Å²) in [5, 5.41) is 21.7. The van der Waals surface area contributed by atoms with E-state index in [0.29, 0.717) is 16.7 Å². The molecule has 4 aromatic carbocycles. The van der Waals surface area contributed by atoms with Gasteiger partial charge < -0.3 is 30.2 Å². The Balaban J connectivity index is 1.41. The maximum absolute atomic E-state index is 14.5. The molecule has 0 saturated carbocycles. The molecule has 0 radical (unpaired) electrons. The second kappa shape index (κ2) is 18.1. The number of ether oxygens (including phenoxy) is 2. The van der Waals surface area contributed by atoms with Crippen LogP contribution in [0.15, 0.2) is 95.4 Å². The fraction of sp³-hybridized carbons (Fsp3) is 0.158. The summed E-state index contributed by atoms with van der Waals surface area (Å²) in [5.74, 6) is -3.56. The molecule has 1 aliphatic carbocycles. The highest BCUT2D eigenvalue weighted by Crippen LogP contribution is 2.44. The van der Waals surface area contributed by atoms with Crippen molar-refractivity contribution in [2.24, 2.45) is 5.73 Å². The van der Waals surface area contributed by atoms with E-state index in [1.807, 2.05) is 43.5 Å². The first kappa shape index (κ1) is 40.5. The average Bonchev–Trinajstić information content (AvgIpc) is 3.39. The Morgan fingerprint density at radius 3 is 2.30 bits per heavy atom. The van der Waals surface area contributed by atoms with Gasteiger partial charge in [0.15, 0.2) is 0 Å². The maximum atomic E-state index is 14.5. The summed E-state index contributed by atoms with van der Waals surface area (Å²) in [4.78, 5) is 71.0. The Kier molecular flexibility index (Phi) is 13.1. The van der Waals surface area contributed by atoms with Gasteiger partial charge in [-0.3, -0.25) is 9.59 Å². The molecule has 1 unspecified atom stereocenters. The predicted octanol–water partition coefficient (Wildman–Crippen LogP) is 6.84. The Labute approximate surface area is 327 Å². The number of esters is 2. The van der Waals surface area contributed by atoms with Gasteiger partial charge in [0, 0.05) is 16.1 Å². The minimum Gasteiger partial charge on any atom is -0.426 e. The second-order valence-corrected chi connectivity index (χ2v) is 13.3. The number of halogens is 1. The molecule has 0 aromatic heterocycles. The summed E-state index contributed by atoms with van der Waals surface area (Å²) in [6, 6.07) is 21.8. The number of nitrogens with zero attached hydrogens (tertiary/aromatic N) is 2. The number of thioether (sulfide) groups is 1. The van der Waals surface area contributed by atoms with E-state index in [1.165, 1.54) is 54.6 Å². The molecule has 1 amide bonds. The monoisotopic (exact) mass is 802 g/mol. The van der Waals surface area contributed by atoms with Gasteiger partial charge >= 0.3 is 11.9 Å². The van der Waals surface area contributed by atoms with Crippen LogP contribution >= 0.6 is 24.0 Å². The standard InChI is InChI=1S/C38H31FN4O11S2/c1-21-30(15-22-3-11-28(56-2)12-4-22)29-13-7-24(39)16-32(29)31(21)19-35(44)41-25-8-14-34(53-36(45)18-27(54-43(49)50)20-51-42(47)48)33(17-25)38(46)52-26-9-5-23(6-10-26)37(40)55/h3-17,27H,18-20H2,1-2H3,(H2,40,55)(H,41,44)/b30-15-. The number of nitrogens with one attached hydrogen (secondary N) is 1. The van der Waals surface area contributed by atoms with Gasteiger partial charge in [-0.2, -0.15) is 0 Å². The van der Waals surface area contributed by atoms with Crippen molar-refractivity contribution in [2.75, 3.05) is 18.2 Å². The fourth-order valence-electron chi connectivity index (χ4n) is 5.66.